The van der Waals surface area contributed by atoms with Crippen LogP contribution in [0.1, 0.15) is 11.7 Å². The number of rotatable bonds is 9. The Bertz CT molecular complexity index is 1300. The highest BCUT2D eigenvalue weighted by atomic mass is 32.2. The maximum Gasteiger partial charge on any atom is 0.229 e. The summed E-state index contributed by atoms with van der Waals surface area (Å²) in [5, 5.41) is 15.9. The van der Waals surface area contributed by atoms with Crippen molar-refractivity contribution >= 4 is 37.5 Å². The number of hydrogen-bond acceptors (Lipinski definition) is 5. The highest BCUT2D eigenvalue weighted by Crippen LogP contribution is 2.28. The molecule has 4 rings (SSSR count). The van der Waals surface area contributed by atoms with Gasteiger partial charge in [-0.25, -0.2) is 8.42 Å². The van der Waals surface area contributed by atoms with Gasteiger partial charge in [-0.2, -0.15) is 0 Å². The number of aromatic nitrogens is 1. The fourth-order valence-corrected chi connectivity index (χ4v) is 4.10. The molecule has 31 heavy (non-hydrogen) atoms. The lowest BCUT2D eigenvalue weighted by molar-refractivity contribution is 0.172. The molecule has 0 spiro atoms. The first-order valence-corrected chi connectivity index (χ1v) is 11.9. The van der Waals surface area contributed by atoms with Crippen LogP contribution in [0.15, 0.2) is 66.7 Å². The smallest absolute Gasteiger partial charge is 0.229 e. The monoisotopic (exact) mass is 439 g/mol. The van der Waals surface area contributed by atoms with Gasteiger partial charge < -0.3 is 20.1 Å². The van der Waals surface area contributed by atoms with E-state index in [4.69, 9.17) is 4.74 Å². The first kappa shape index (κ1) is 21.2. The van der Waals surface area contributed by atoms with E-state index in [1.807, 2.05) is 24.3 Å². The third-order valence-electron chi connectivity index (χ3n) is 4.94. The van der Waals surface area contributed by atoms with Crippen molar-refractivity contribution in [1.82, 2.24) is 10.3 Å². The number of hydrogen-bond donors (Lipinski definition) is 4. The molecule has 0 aliphatic heterocycles. The lowest BCUT2D eigenvalue weighted by Crippen LogP contribution is -2.26. The average Bonchev–Trinajstić information content (AvgIpc) is 3.10. The molecule has 4 aromatic rings. The van der Waals surface area contributed by atoms with Gasteiger partial charge in [-0.3, -0.25) is 4.72 Å². The van der Waals surface area contributed by atoms with E-state index in [1.165, 1.54) is 5.39 Å². The number of benzene rings is 3. The minimum absolute atomic E-state index is 0.326. The number of aromatic amines is 1. The van der Waals surface area contributed by atoms with Gasteiger partial charge in [0, 0.05) is 41.1 Å². The van der Waals surface area contributed by atoms with Crippen molar-refractivity contribution in [2.75, 3.05) is 30.7 Å². The molecule has 0 amide bonds. The Balaban J connectivity index is 1.27. The molecule has 1 heterocycles. The molecule has 8 heteroatoms. The van der Waals surface area contributed by atoms with Gasteiger partial charge in [0.15, 0.2) is 0 Å². The highest BCUT2D eigenvalue weighted by Gasteiger charge is 2.10. The van der Waals surface area contributed by atoms with Crippen molar-refractivity contribution in [2.24, 2.45) is 0 Å². The molecule has 4 N–H and O–H groups in total. The number of ether oxygens (including phenoxy) is 1. The van der Waals surface area contributed by atoms with Gasteiger partial charge in [0.2, 0.25) is 10.0 Å². The van der Waals surface area contributed by atoms with Crippen LogP contribution in [0, 0.1) is 0 Å². The summed E-state index contributed by atoms with van der Waals surface area (Å²) in [6.45, 7) is 1.34. The number of H-pyrrole nitrogens is 1. The molecule has 0 aliphatic rings. The zero-order valence-corrected chi connectivity index (χ0v) is 17.9. The van der Waals surface area contributed by atoms with Gasteiger partial charge in [0.25, 0.3) is 0 Å². The van der Waals surface area contributed by atoms with E-state index in [1.54, 1.807) is 24.3 Å². The first-order chi connectivity index (χ1) is 14.9. The van der Waals surface area contributed by atoms with Crippen LogP contribution < -0.4 is 14.8 Å². The molecule has 162 valence electrons. The predicted molar refractivity (Wildman–Crippen MR) is 124 cm³/mol. The summed E-state index contributed by atoms with van der Waals surface area (Å²) in [6, 6.07) is 20.9. The lowest BCUT2D eigenvalue weighted by atomic mass is 10.1. The van der Waals surface area contributed by atoms with Gasteiger partial charge >= 0.3 is 0 Å². The molecule has 3 aromatic carbocycles. The van der Waals surface area contributed by atoms with E-state index in [0.29, 0.717) is 30.9 Å². The Morgan fingerprint density at radius 3 is 2.65 bits per heavy atom. The van der Waals surface area contributed by atoms with Crippen LogP contribution in [0.2, 0.25) is 0 Å². The minimum Gasteiger partial charge on any atom is -0.492 e. The number of sulfonamides is 1. The summed E-state index contributed by atoms with van der Waals surface area (Å²) in [4.78, 5) is 3.40. The number of aliphatic hydroxyl groups excluding tert-OH is 1. The van der Waals surface area contributed by atoms with Crippen LogP contribution in [0.25, 0.3) is 21.8 Å². The normalized spacial score (nSPS) is 12.8. The van der Waals surface area contributed by atoms with E-state index >= 15 is 0 Å². The van der Waals surface area contributed by atoms with Gasteiger partial charge in [0.1, 0.15) is 12.4 Å². The topological polar surface area (TPSA) is 103 Å². The maximum atomic E-state index is 11.4. The second kappa shape index (κ2) is 8.97. The molecule has 0 saturated heterocycles. The summed E-state index contributed by atoms with van der Waals surface area (Å²) < 4.78 is 31.0. The van der Waals surface area contributed by atoms with Crippen LogP contribution in [0.5, 0.6) is 5.75 Å². The SMILES string of the molecule is CS(=O)(=O)Nc1cccc(C(O)CNCCOc2ccc3c(c2)[nH]c2ccccc23)c1. The predicted octanol–water partition coefficient (Wildman–Crippen LogP) is 3.39. The molecule has 1 unspecified atom stereocenters. The standard InChI is InChI=1S/C23H25N3O4S/c1-31(28,29)26-17-6-4-5-16(13-17)23(27)15-24-11-12-30-18-9-10-20-19-7-2-3-8-21(19)25-22(20)14-18/h2-10,13-14,23-27H,11-12,15H2,1H3. The Hall–Kier alpha value is -3.07. The van der Waals surface area contributed by atoms with Crippen molar-refractivity contribution < 1.29 is 18.3 Å². The van der Waals surface area contributed by atoms with Crippen molar-refractivity contribution in [2.45, 2.75) is 6.10 Å². The van der Waals surface area contributed by atoms with E-state index in [9.17, 15) is 13.5 Å². The largest absolute Gasteiger partial charge is 0.492 e. The summed E-state index contributed by atoms with van der Waals surface area (Å²) >= 11 is 0. The second-order valence-corrected chi connectivity index (χ2v) is 9.19. The third-order valence-corrected chi connectivity index (χ3v) is 5.54. The van der Waals surface area contributed by atoms with Crippen LogP contribution in [0.3, 0.4) is 0 Å². The van der Waals surface area contributed by atoms with Crippen LogP contribution in [-0.4, -0.2) is 44.5 Å². The fraction of sp³-hybridized carbons (Fsp3) is 0.217. The molecular formula is C23H25N3O4S. The molecule has 1 atom stereocenters. The lowest BCUT2D eigenvalue weighted by Gasteiger charge is -2.14. The van der Waals surface area contributed by atoms with Crippen molar-refractivity contribution in [3.05, 3.63) is 72.3 Å². The van der Waals surface area contributed by atoms with E-state index in [-0.39, 0.29) is 0 Å². The van der Waals surface area contributed by atoms with Crippen molar-refractivity contribution in [3.63, 3.8) is 0 Å². The summed E-state index contributed by atoms with van der Waals surface area (Å²) in [5.41, 5.74) is 3.19. The molecule has 0 radical (unpaired) electrons. The molecule has 0 saturated carbocycles. The zero-order chi connectivity index (χ0) is 21.8. The quantitative estimate of drug-likeness (QED) is 0.299. The first-order valence-electron chi connectivity index (χ1n) is 9.99. The molecule has 0 bridgehead atoms. The number of fused-ring (bicyclic) bond motifs is 3. The highest BCUT2D eigenvalue weighted by molar-refractivity contribution is 7.92. The van der Waals surface area contributed by atoms with Gasteiger partial charge in [-0.15, -0.1) is 0 Å². The van der Waals surface area contributed by atoms with Gasteiger partial charge in [0.05, 0.1) is 17.9 Å². The molecule has 1 aromatic heterocycles. The third kappa shape index (κ3) is 5.35. The minimum atomic E-state index is -3.36. The van der Waals surface area contributed by atoms with Crippen LogP contribution in [0.4, 0.5) is 5.69 Å². The number of nitrogens with one attached hydrogen (secondary N) is 3. The second-order valence-electron chi connectivity index (χ2n) is 7.45. The average molecular weight is 440 g/mol. The molecule has 7 nitrogen and oxygen atoms in total. The van der Waals surface area contributed by atoms with Crippen molar-refractivity contribution in [3.8, 4) is 5.75 Å². The van der Waals surface area contributed by atoms with Gasteiger partial charge in [-0.1, -0.05) is 30.3 Å². The zero-order valence-electron chi connectivity index (χ0n) is 17.1. The Kier molecular flexibility index (Phi) is 6.13. The van der Waals surface area contributed by atoms with Crippen LogP contribution in [-0.2, 0) is 10.0 Å². The fourth-order valence-electron chi connectivity index (χ4n) is 3.54. The molecule has 0 aliphatic carbocycles. The summed E-state index contributed by atoms with van der Waals surface area (Å²) in [6.07, 6.45) is 0.331. The summed E-state index contributed by atoms with van der Waals surface area (Å²) in [7, 11) is -3.36. The van der Waals surface area contributed by atoms with E-state index in [0.717, 1.165) is 28.4 Å². The number of anilines is 1. The number of para-hydroxylation sites is 1. The Morgan fingerprint density at radius 2 is 1.81 bits per heavy atom. The molecule has 0 fully saturated rings. The maximum absolute atomic E-state index is 11.4. The number of aliphatic hydroxyl groups is 1. The summed E-state index contributed by atoms with van der Waals surface area (Å²) in [5.74, 6) is 0.779. The molecular weight excluding hydrogens is 414 g/mol. The Labute approximate surface area is 181 Å². The van der Waals surface area contributed by atoms with Crippen molar-refractivity contribution in [1.29, 1.82) is 0 Å². The Morgan fingerprint density at radius 1 is 1.00 bits per heavy atom. The van der Waals surface area contributed by atoms with Crippen LogP contribution >= 0.6 is 0 Å². The van der Waals surface area contributed by atoms with E-state index in [2.05, 4.69) is 33.2 Å². The van der Waals surface area contributed by atoms with Gasteiger partial charge in [-0.05, 0) is 35.9 Å². The van der Waals surface area contributed by atoms with E-state index < -0.39 is 16.1 Å².